The molecule has 26 heteroatoms. The van der Waals surface area contributed by atoms with Gasteiger partial charge in [-0.15, -0.1) is 0 Å². The zero-order valence-electron chi connectivity index (χ0n) is 32.6. The molecule has 7 aromatic rings. The molecule has 26 nitrogen and oxygen atoms in total. The molecule has 0 saturated carbocycles. The lowest BCUT2D eigenvalue weighted by atomic mass is 9.88. The van der Waals surface area contributed by atoms with Gasteiger partial charge in [0.1, 0.15) is 18.8 Å². The van der Waals surface area contributed by atoms with Crippen LogP contribution in [0.2, 0.25) is 0 Å². The standard InChI is InChI=1S/C41H26O26/c42-5-15(64-37(58)7-1-10(43)24(48)11(44)2-7)27(51)34-14(47)6-63-38(59)8-3-12(45)25(49)28(52)16(8)18-22-20-21-23(41(62)67-35(20)32(56)30(18)54)19(31(55)33(57)36(21)66-40(22)61)17-9(39(60)65-34)4-13(46)26(50)29(17)53/h1-5,14-15,27,34,43-57H,6H2. The van der Waals surface area contributed by atoms with Crippen molar-refractivity contribution in [3.05, 3.63) is 61.8 Å². The fourth-order valence-electron chi connectivity index (χ4n) is 7.55. The van der Waals surface area contributed by atoms with Gasteiger partial charge in [-0.3, -0.25) is 4.79 Å². The topological polar surface area (TPSA) is 460 Å². The van der Waals surface area contributed by atoms with Crippen LogP contribution in [0.5, 0.6) is 74.7 Å². The summed E-state index contributed by atoms with van der Waals surface area (Å²) in [5.41, 5.74) is -13.8. The van der Waals surface area contributed by atoms with Crippen molar-refractivity contribution in [2.24, 2.45) is 0 Å². The molecule has 67 heavy (non-hydrogen) atoms. The third-order valence-electron chi connectivity index (χ3n) is 10.7. The van der Waals surface area contributed by atoms with Crippen LogP contribution in [-0.2, 0) is 19.0 Å². The van der Waals surface area contributed by atoms with E-state index in [9.17, 15) is 105 Å². The highest BCUT2D eigenvalue weighted by molar-refractivity contribution is 6.29. The molecule has 0 fully saturated rings. The number of hydrogen-bond donors (Lipinski definition) is 15. The summed E-state index contributed by atoms with van der Waals surface area (Å²) < 4.78 is 25.9. The van der Waals surface area contributed by atoms with Crippen LogP contribution >= 0.6 is 0 Å². The number of carbonyl (C=O) groups is 4. The average Bonchev–Trinajstić information content (AvgIpc) is 3.28. The fourth-order valence-corrected chi connectivity index (χ4v) is 7.55. The number of aliphatic hydroxyl groups excluding tert-OH is 2. The van der Waals surface area contributed by atoms with Crippen LogP contribution in [0, 0.1) is 0 Å². The second-order valence-corrected chi connectivity index (χ2v) is 14.5. The van der Waals surface area contributed by atoms with E-state index in [-0.39, 0.29) is 12.4 Å². The highest BCUT2D eigenvalue weighted by Crippen LogP contribution is 2.58. The predicted molar refractivity (Wildman–Crippen MR) is 213 cm³/mol. The fraction of sp³-hybridized carbons (Fsp3) is 0.122. The third kappa shape index (κ3) is 6.42. The van der Waals surface area contributed by atoms with Crippen LogP contribution in [0.4, 0.5) is 0 Å². The van der Waals surface area contributed by atoms with Crippen molar-refractivity contribution in [1.82, 2.24) is 0 Å². The molecule has 0 aliphatic carbocycles. The number of cyclic esters (lactones) is 2. The molecule has 1 aliphatic heterocycles. The van der Waals surface area contributed by atoms with E-state index in [4.69, 9.17) is 23.0 Å². The van der Waals surface area contributed by atoms with Gasteiger partial charge in [0.15, 0.2) is 81.4 Å². The quantitative estimate of drug-likeness (QED) is 0.0284. The highest BCUT2D eigenvalue weighted by atomic mass is 16.6. The molecule has 4 unspecified atom stereocenters. The molecular formula is C41H26O26. The van der Waals surface area contributed by atoms with E-state index in [2.05, 4.69) is 0 Å². The smallest absolute Gasteiger partial charge is 0.345 e. The first-order chi connectivity index (χ1) is 31.5. The van der Waals surface area contributed by atoms with Crippen LogP contribution in [0.25, 0.3) is 55.0 Å². The van der Waals surface area contributed by atoms with E-state index in [0.717, 1.165) is 0 Å². The number of aromatic hydroxyl groups is 13. The van der Waals surface area contributed by atoms with E-state index in [1.165, 1.54) is 0 Å². The summed E-state index contributed by atoms with van der Waals surface area (Å²) in [4.78, 5) is 81.6. The second-order valence-electron chi connectivity index (χ2n) is 14.5. The van der Waals surface area contributed by atoms with E-state index in [1.54, 1.807) is 0 Å². The van der Waals surface area contributed by atoms with Crippen LogP contribution in [-0.4, -0.2) is 132 Å². The van der Waals surface area contributed by atoms with E-state index in [1.807, 2.05) is 0 Å². The maximum Gasteiger partial charge on any atom is 0.345 e. The number of fused-ring (bicyclic) bond motifs is 4. The molecule has 1 aliphatic rings. The van der Waals surface area contributed by atoms with Crippen molar-refractivity contribution in [2.45, 2.75) is 24.4 Å². The molecule has 0 spiro atoms. The monoisotopic (exact) mass is 934 g/mol. The number of benzene rings is 5. The Bertz CT molecular complexity index is 3450. The van der Waals surface area contributed by atoms with Crippen molar-refractivity contribution in [3.8, 4) is 97.0 Å². The van der Waals surface area contributed by atoms with Crippen LogP contribution < -0.4 is 11.3 Å². The van der Waals surface area contributed by atoms with Crippen LogP contribution in [0.3, 0.4) is 0 Å². The molecule has 5 aromatic carbocycles. The second kappa shape index (κ2) is 15.3. The molecule has 8 rings (SSSR count). The SMILES string of the molecule is O=CC(OC(=O)c1cc(O)c(O)c(O)c1)C(O)C1OC(=O)c2cc(O)c(O)c(O)c2-c2c(O)c(O)c3oc(=O)c4c(c(O)c(O)c5oc(=O)c2c3c54)-c2c(cc(O)c(O)c2O)C(=O)OCC1O. The van der Waals surface area contributed by atoms with Gasteiger partial charge in [-0.05, 0) is 24.3 Å². The Morgan fingerprint density at radius 2 is 0.985 bits per heavy atom. The lowest BCUT2D eigenvalue weighted by Gasteiger charge is -2.30. The van der Waals surface area contributed by atoms with Gasteiger partial charge in [-0.25, -0.2) is 24.0 Å². The maximum absolute atomic E-state index is 14.3. The van der Waals surface area contributed by atoms with Crippen molar-refractivity contribution in [3.63, 3.8) is 0 Å². The predicted octanol–water partition coefficient (Wildman–Crippen LogP) is 0.839. The van der Waals surface area contributed by atoms with Gasteiger partial charge < -0.3 is 99.6 Å². The van der Waals surface area contributed by atoms with Crippen molar-refractivity contribution >= 4 is 56.9 Å². The highest BCUT2D eigenvalue weighted by Gasteiger charge is 2.42. The molecule has 6 bridgehead atoms. The third-order valence-corrected chi connectivity index (χ3v) is 10.7. The summed E-state index contributed by atoms with van der Waals surface area (Å²) in [5.74, 6) is -23.6. The molecule has 15 N–H and O–H groups in total. The lowest BCUT2D eigenvalue weighted by Crippen LogP contribution is -2.50. The van der Waals surface area contributed by atoms with Gasteiger partial charge in [0, 0.05) is 33.0 Å². The zero-order valence-corrected chi connectivity index (χ0v) is 32.6. The summed E-state index contributed by atoms with van der Waals surface area (Å²) in [6.45, 7) is -1.53. The summed E-state index contributed by atoms with van der Waals surface area (Å²) in [6.07, 6.45) is -11.1. The number of rotatable bonds is 5. The first-order valence-electron chi connectivity index (χ1n) is 18.4. The Morgan fingerprint density at radius 3 is 1.43 bits per heavy atom. The van der Waals surface area contributed by atoms with Gasteiger partial charge in [0.2, 0.25) is 23.0 Å². The molecule has 0 amide bonds. The number of ether oxygens (including phenoxy) is 3. The van der Waals surface area contributed by atoms with Gasteiger partial charge in [0.25, 0.3) is 0 Å². The molecule has 346 valence electrons. The number of carbonyl (C=O) groups excluding carboxylic acids is 4. The minimum absolute atomic E-state index is 0.286. The van der Waals surface area contributed by atoms with Gasteiger partial charge >= 0.3 is 29.2 Å². The zero-order chi connectivity index (χ0) is 49.0. The van der Waals surface area contributed by atoms with E-state index in [0.29, 0.717) is 18.2 Å². The Labute approximate surface area is 365 Å². The summed E-state index contributed by atoms with van der Waals surface area (Å²) >= 11 is 0. The molecule has 4 atom stereocenters. The largest absolute Gasteiger partial charge is 0.504 e. The van der Waals surface area contributed by atoms with E-state index < -0.39 is 207 Å². The average molecular weight is 935 g/mol. The first kappa shape index (κ1) is 44.1. The Hall–Kier alpha value is -9.56. The number of aliphatic hydroxyl groups is 2. The van der Waals surface area contributed by atoms with Crippen molar-refractivity contribution in [1.29, 1.82) is 0 Å². The van der Waals surface area contributed by atoms with Gasteiger partial charge in [-0.2, -0.15) is 0 Å². The molecule has 3 heterocycles. The summed E-state index contributed by atoms with van der Waals surface area (Å²) in [6, 6.07) is 1.71. The van der Waals surface area contributed by atoms with Crippen LogP contribution in [0.15, 0.2) is 42.7 Å². The Morgan fingerprint density at radius 1 is 0.567 bits per heavy atom. The summed E-state index contributed by atoms with van der Waals surface area (Å²) in [7, 11) is 0. The van der Waals surface area contributed by atoms with Crippen LogP contribution in [0.1, 0.15) is 31.1 Å². The molecule has 0 radical (unpaired) electrons. The van der Waals surface area contributed by atoms with Gasteiger partial charge in [-0.1, -0.05) is 0 Å². The number of phenols is 13. The van der Waals surface area contributed by atoms with Crippen molar-refractivity contribution < 1.29 is 119 Å². The minimum atomic E-state index is -2.82. The molecular weight excluding hydrogens is 908 g/mol. The number of hydrogen-bond acceptors (Lipinski definition) is 26. The molecule has 0 saturated heterocycles. The number of aldehydes is 1. The minimum Gasteiger partial charge on any atom is -0.504 e. The number of phenolic OH excluding ortho intramolecular Hbond substituents is 13. The lowest BCUT2D eigenvalue weighted by molar-refractivity contribution is -0.140. The Kier molecular flexibility index (Phi) is 10.1. The van der Waals surface area contributed by atoms with Gasteiger partial charge in [0.05, 0.1) is 27.5 Å². The Balaban J connectivity index is 1.46. The normalized spacial score (nSPS) is 16.1. The number of esters is 3. The van der Waals surface area contributed by atoms with Crippen molar-refractivity contribution in [2.75, 3.05) is 6.61 Å². The summed E-state index contributed by atoms with van der Waals surface area (Å²) in [5, 5.41) is 159. The molecule has 2 aromatic heterocycles. The van der Waals surface area contributed by atoms with E-state index >= 15 is 0 Å². The first-order valence-corrected chi connectivity index (χ1v) is 18.4. The maximum atomic E-state index is 14.3.